The Morgan fingerprint density at radius 1 is 1.09 bits per heavy atom. The first-order valence-electron chi connectivity index (χ1n) is 10.6. The van der Waals surface area contributed by atoms with Crippen LogP contribution in [0.1, 0.15) is 29.8 Å². The lowest BCUT2D eigenvalue weighted by Gasteiger charge is -2.13. The number of imide groups is 1. The van der Waals surface area contributed by atoms with Gasteiger partial charge >= 0.3 is 5.97 Å². The number of nitrogens with one attached hydrogen (secondary N) is 1. The zero-order valence-electron chi connectivity index (χ0n) is 19.3. The van der Waals surface area contributed by atoms with Crippen molar-refractivity contribution in [1.29, 1.82) is 0 Å². The minimum Gasteiger partial charge on any atom is -0.493 e. The van der Waals surface area contributed by atoms with E-state index in [1.807, 2.05) is 6.92 Å². The third-order valence-electron chi connectivity index (χ3n) is 4.71. The largest absolute Gasteiger partial charge is 0.493 e. The van der Waals surface area contributed by atoms with Crippen LogP contribution in [0.15, 0.2) is 41.3 Å². The topological polar surface area (TPSA) is 111 Å². The van der Waals surface area contributed by atoms with Gasteiger partial charge in [0, 0.05) is 5.69 Å². The van der Waals surface area contributed by atoms with E-state index in [0.717, 1.165) is 16.7 Å². The van der Waals surface area contributed by atoms with Crippen LogP contribution in [-0.4, -0.2) is 54.8 Å². The third-order valence-corrected chi connectivity index (χ3v) is 5.94. The summed E-state index contributed by atoms with van der Waals surface area (Å²) < 4.78 is 15.7. The molecule has 1 aliphatic heterocycles. The molecule has 1 saturated heterocycles. The number of ether oxygens (including phenoxy) is 3. The Morgan fingerprint density at radius 3 is 2.54 bits per heavy atom. The molecule has 3 amide bonds. The van der Waals surface area contributed by atoms with Gasteiger partial charge < -0.3 is 19.5 Å². The normalized spacial score (nSPS) is 14.3. The number of carbonyl (C=O) groups excluding carboxylic acids is 4. The number of esters is 1. The Hall–Kier alpha value is -3.50. The number of hydrogen-bond donors (Lipinski definition) is 1. The maximum atomic E-state index is 12.8. The fourth-order valence-electron chi connectivity index (χ4n) is 3.15. The van der Waals surface area contributed by atoms with E-state index in [1.165, 1.54) is 25.3 Å². The van der Waals surface area contributed by atoms with Crippen LogP contribution in [0.25, 0.3) is 6.08 Å². The van der Waals surface area contributed by atoms with E-state index < -0.39 is 29.6 Å². The molecule has 0 spiro atoms. The molecule has 0 bridgehead atoms. The summed E-state index contributed by atoms with van der Waals surface area (Å²) in [6.45, 7) is 3.66. The van der Waals surface area contributed by atoms with Crippen molar-refractivity contribution in [2.45, 2.75) is 13.8 Å². The number of hydrogen-bond acceptors (Lipinski definition) is 8. The second-order valence-electron chi connectivity index (χ2n) is 7.07. The van der Waals surface area contributed by atoms with Gasteiger partial charge in [-0.05, 0) is 67.6 Å². The molecule has 1 heterocycles. The van der Waals surface area contributed by atoms with Gasteiger partial charge in [-0.15, -0.1) is 0 Å². The molecule has 2 aromatic carbocycles. The fourth-order valence-corrected chi connectivity index (χ4v) is 4.18. The number of benzene rings is 2. The van der Waals surface area contributed by atoms with Crippen LogP contribution in [0, 0.1) is 0 Å². The zero-order chi connectivity index (χ0) is 25.5. The van der Waals surface area contributed by atoms with Crippen molar-refractivity contribution in [3.05, 3.63) is 57.5 Å². The van der Waals surface area contributed by atoms with Gasteiger partial charge in [0.1, 0.15) is 6.54 Å². The van der Waals surface area contributed by atoms with Crippen LogP contribution in [0.3, 0.4) is 0 Å². The molecule has 35 heavy (non-hydrogen) atoms. The molecule has 184 valence electrons. The van der Waals surface area contributed by atoms with E-state index in [4.69, 9.17) is 25.8 Å². The minimum atomic E-state index is -0.629. The number of rotatable bonds is 9. The van der Waals surface area contributed by atoms with Crippen molar-refractivity contribution in [3.8, 4) is 11.5 Å². The van der Waals surface area contributed by atoms with Gasteiger partial charge in [0.25, 0.3) is 11.1 Å². The number of nitrogens with zero attached hydrogens (tertiary/aromatic N) is 1. The van der Waals surface area contributed by atoms with Crippen molar-refractivity contribution in [1.82, 2.24) is 4.90 Å². The summed E-state index contributed by atoms with van der Waals surface area (Å²) in [5.74, 6) is -0.787. The van der Waals surface area contributed by atoms with E-state index in [-0.39, 0.29) is 27.8 Å². The first-order chi connectivity index (χ1) is 16.8. The summed E-state index contributed by atoms with van der Waals surface area (Å²) in [5.41, 5.74) is 0.991. The molecule has 0 atom stereocenters. The number of anilines is 1. The second kappa shape index (κ2) is 11.8. The van der Waals surface area contributed by atoms with Crippen LogP contribution < -0.4 is 14.8 Å². The molecule has 1 fully saturated rings. The smallest absolute Gasteiger partial charge is 0.339 e. The van der Waals surface area contributed by atoms with Gasteiger partial charge in [-0.3, -0.25) is 19.3 Å². The molecular formula is C24H23ClN2O7S. The van der Waals surface area contributed by atoms with Crippen LogP contribution in [0.5, 0.6) is 11.5 Å². The van der Waals surface area contributed by atoms with E-state index in [0.29, 0.717) is 23.7 Å². The molecule has 1 N–H and O–H groups in total. The van der Waals surface area contributed by atoms with E-state index >= 15 is 0 Å². The Labute approximate surface area is 211 Å². The molecular weight excluding hydrogens is 496 g/mol. The minimum absolute atomic E-state index is 0.0891. The maximum absolute atomic E-state index is 12.8. The summed E-state index contributed by atoms with van der Waals surface area (Å²) >= 11 is 6.76. The maximum Gasteiger partial charge on any atom is 0.339 e. The van der Waals surface area contributed by atoms with Gasteiger partial charge in [-0.25, -0.2) is 4.79 Å². The highest BCUT2D eigenvalue weighted by molar-refractivity contribution is 8.18. The SMILES string of the molecule is CCOC(=O)c1cc(NC(=O)CN2C(=O)S/C(=C/c3ccc(OCC)c(OC)c3)C2=O)ccc1Cl. The quantitative estimate of drug-likeness (QED) is 0.379. The molecule has 0 radical (unpaired) electrons. The first-order valence-corrected chi connectivity index (χ1v) is 11.8. The molecule has 0 aromatic heterocycles. The fraction of sp³-hybridized carbons (Fsp3) is 0.250. The van der Waals surface area contributed by atoms with Gasteiger partial charge in [-0.1, -0.05) is 17.7 Å². The monoisotopic (exact) mass is 518 g/mol. The Bertz CT molecular complexity index is 1200. The van der Waals surface area contributed by atoms with Gasteiger partial charge in [0.15, 0.2) is 11.5 Å². The number of halogens is 1. The lowest BCUT2D eigenvalue weighted by Crippen LogP contribution is -2.36. The summed E-state index contributed by atoms with van der Waals surface area (Å²) in [6, 6.07) is 9.43. The lowest BCUT2D eigenvalue weighted by molar-refractivity contribution is -0.127. The lowest BCUT2D eigenvalue weighted by atomic mass is 10.2. The third kappa shape index (κ3) is 6.34. The highest BCUT2D eigenvalue weighted by atomic mass is 35.5. The average Bonchev–Trinajstić information content (AvgIpc) is 3.08. The van der Waals surface area contributed by atoms with Gasteiger partial charge in [0.05, 0.1) is 35.8 Å². The van der Waals surface area contributed by atoms with Crippen LogP contribution >= 0.6 is 23.4 Å². The average molecular weight is 519 g/mol. The summed E-state index contributed by atoms with van der Waals surface area (Å²) in [4.78, 5) is 50.8. The number of amides is 3. The van der Waals surface area contributed by atoms with Gasteiger partial charge in [0.2, 0.25) is 5.91 Å². The number of carbonyl (C=O) groups is 4. The van der Waals surface area contributed by atoms with E-state index in [1.54, 1.807) is 31.2 Å². The molecule has 1 aliphatic rings. The Balaban J connectivity index is 1.71. The second-order valence-corrected chi connectivity index (χ2v) is 8.47. The van der Waals surface area contributed by atoms with Crippen LogP contribution in [0.4, 0.5) is 10.5 Å². The van der Waals surface area contributed by atoms with Crippen molar-refractivity contribution < 1.29 is 33.4 Å². The van der Waals surface area contributed by atoms with Crippen molar-refractivity contribution >= 4 is 58.1 Å². The summed E-state index contributed by atoms with van der Waals surface area (Å²) in [6.07, 6.45) is 1.55. The van der Waals surface area contributed by atoms with E-state index in [2.05, 4.69) is 5.32 Å². The van der Waals surface area contributed by atoms with Crippen molar-refractivity contribution in [3.63, 3.8) is 0 Å². The molecule has 0 unspecified atom stereocenters. The standard InChI is InChI=1S/C24H23ClN2O7S/c1-4-33-18-9-6-14(10-19(18)32-3)11-20-22(29)27(24(31)35-20)13-21(28)26-15-7-8-17(25)16(12-15)23(30)34-5-2/h6-12H,4-5,13H2,1-3H3,(H,26,28)/b20-11+. The Kier molecular flexibility index (Phi) is 8.78. The predicted molar refractivity (Wildman–Crippen MR) is 133 cm³/mol. The molecule has 0 aliphatic carbocycles. The highest BCUT2D eigenvalue weighted by Crippen LogP contribution is 2.34. The highest BCUT2D eigenvalue weighted by Gasteiger charge is 2.36. The molecule has 11 heteroatoms. The predicted octanol–water partition coefficient (Wildman–Crippen LogP) is 4.60. The van der Waals surface area contributed by atoms with Crippen molar-refractivity contribution in [2.24, 2.45) is 0 Å². The number of thioether (sulfide) groups is 1. The molecule has 2 aromatic rings. The summed E-state index contributed by atoms with van der Waals surface area (Å²) in [5, 5.41) is 2.16. The van der Waals surface area contributed by atoms with Crippen LogP contribution in [-0.2, 0) is 14.3 Å². The molecule has 9 nitrogen and oxygen atoms in total. The van der Waals surface area contributed by atoms with Gasteiger partial charge in [-0.2, -0.15) is 0 Å². The molecule has 3 rings (SSSR count). The summed E-state index contributed by atoms with van der Waals surface area (Å²) in [7, 11) is 1.50. The first kappa shape index (κ1) is 26.1. The van der Waals surface area contributed by atoms with Crippen LogP contribution in [0.2, 0.25) is 5.02 Å². The Morgan fingerprint density at radius 2 is 1.86 bits per heavy atom. The van der Waals surface area contributed by atoms with Crippen molar-refractivity contribution in [2.75, 3.05) is 32.2 Å². The van der Waals surface area contributed by atoms with E-state index in [9.17, 15) is 19.2 Å². The number of methoxy groups -OCH3 is 1. The zero-order valence-corrected chi connectivity index (χ0v) is 20.8. The molecule has 0 saturated carbocycles.